The van der Waals surface area contributed by atoms with Crippen LogP contribution < -0.4 is 5.73 Å². The van der Waals surface area contributed by atoms with Gasteiger partial charge in [-0.2, -0.15) is 0 Å². The van der Waals surface area contributed by atoms with Crippen LogP contribution in [0.2, 0.25) is 0 Å². The summed E-state index contributed by atoms with van der Waals surface area (Å²) in [6.45, 7) is 7.41. The number of aryl methyl sites for hydroxylation is 1. The summed E-state index contributed by atoms with van der Waals surface area (Å²) in [5.74, 6) is 0.639. The minimum absolute atomic E-state index is 0.639. The van der Waals surface area contributed by atoms with E-state index >= 15 is 0 Å². The Labute approximate surface area is 110 Å². The molecule has 18 heavy (non-hydrogen) atoms. The Kier molecular flexibility index (Phi) is 4.07. The lowest BCUT2D eigenvalue weighted by Crippen LogP contribution is -2.03. The van der Waals surface area contributed by atoms with Crippen LogP contribution in [0.25, 0.3) is 10.9 Å². The SMILES string of the molecule is CCCC(C)c1ccc2[nH]c(C)c(CCN)c2c1. The summed E-state index contributed by atoms with van der Waals surface area (Å²) in [5, 5.41) is 1.36. The van der Waals surface area contributed by atoms with E-state index in [0.29, 0.717) is 12.5 Å². The van der Waals surface area contributed by atoms with Crippen LogP contribution in [-0.4, -0.2) is 11.5 Å². The molecule has 2 rings (SSSR count). The molecule has 0 bridgehead atoms. The lowest BCUT2D eigenvalue weighted by molar-refractivity contribution is 0.665. The van der Waals surface area contributed by atoms with Gasteiger partial charge in [0.15, 0.2) is 0 Å². The molecule has 1 aromatic carbocycles. The molecule has 98 valence electrons. The number of nitrogens with two attached hydrogens (primary N) is 1. The third-order valence-electron chi connectivity index (χ3n) is 3.83. The topological polar surface area (TPSA) is 41.8 Å². The highest BCUT2D eigenvalue weighted by molar-refractivity contribution is 5.85. The molecule has 2 nitrogen and oxygen atoms in total. The van der Waals surface area contributed by atoms with Crippen molar-refractivity contribution in [3.05, 3.63) is 35.0 Å². The molecule has 0 aliphatic heterocycles. The first kappa shape index (κ1) is 13.2. The van der Waals surface area contributed by atoms with Crippen LogP contribution in [0.15, 0.2) is 18.2 Å². The number of rotatable bonds is 5. The summed E-state index contributed by atoms with van der Waals surface area (Å²) in [4.78, 5) is 3.45. The summed E-state index contributed by atoms with van der Waals surface area (Å²) in [6, 6.07) is 6.82. The van der Waals surface area contributed by atoms with Gasteiger partial charge in [0.2, 0.25) is 0 Å². The van der Waals surface area contributed by atoms with Crippen molar-refractivity contribution < 1.29 is 0 Å². The molecule has 0 radical (unpaired) electrons. The smallest absolute Gasteiger partial charge is 0.0459 e. The molecule has 0 saturated carbocycles. The maximum absolute atomic E-state index is 5.71. The Bertz CT molecular complexity index is 525. The highest BCUT2D eigenvalue weighted by Gasteiger charge is 2.10. The Morgan fingerprint density at radius 1 is 1.33 bits per heavy atom. The maximum atomic E-state index is 5.71. The number of nitrogens with one attached hydrogen (secondary N) is 1. The van der Waals surface area contributed by atoms with Gasteiger partial charge in [-0.3, -0.25) is 0 Å². The summed E-state index contributed by atoms with van der Waals surface area (Å²) in [7, 11) is 0. The zero-order valence-corrected chi connectivity index (χ0v) is 11.7. The van der Waals surface area contributed by atoms with Gasteiger partial charge in [0.1, 0.15) is 0 Å². The molecule has 0 aliphatic carbocycles. The van der Waals surface area contributed by atoms with E-state index in [-0.39, 0.29) is 0 Å². The molecule has 3 N–H and O–H groups in total. The maximum Gasteiger partial charge on any atom is 0.0459 e. The van der Waals surface area contributed by atoms with Crippen molar-refractivity contribution in [2.45, 2.75) is 46.0 Å². The zero-order chi connectivity index (χ0) is 13.1. The molecule has 2 heteroatoms. The number of aromatic amines is 1. The highest BCUT2D eigenvalue weighted by Crippen LogP contribution is 2.28. The van der Waals surface area contributed by atoms with Crippen molar-refractivity contribution in [3.63, 3.8) is 0 Å². The number of benzene rings is 1. The van der Waals surface area contributed by atoms with E-state index in [9.17, 15) is 0 Å². The van der Waals surface area contributed by atoms with E-state index in [0.717, 1.165) is 6.42 Å². The molecule has 1 unspecified atom stereocenters. The van der Waals surface area contributed by atoms with Gasteiger partial charge in [0, 0.05) is 16.6 Å². The fraction of sp³-hybridized carbons (Fsp3) is 0.500. The second-order valence-corrected chi connectivity index (χ2v) is 5.26. The third kappa shape index (κ3) is 2.44. The molecule has 2 aromatic rings. The monoisotopic (exact) mass is 244 g/mol. The van der Waals surface area contributed by atoms with Gasteiger partial charge in [0.25, 0.3) is 0 Å². The van der Waals surface area contributed by atoms with Gasteiger partial charge < -0.3 is 10.7 Å². The largest absolute Gasteiger partial charge is 0.358 e. The second kappa shape index (κ2) is 5.57. The van der Waals surface area contributed by atoms with Crippen LogP contribution in [0.4, 0.5) is 0 Å². The van der Waals surface area contributed by atoms with Crippen LogP contribution in [0.1, 0.15) is 49.4 Å². The lowest BCUT2D eigenvalue weighted by atomic mass is 9.94. The predicted molar refractivity (Wildman–Crippen MR) is 79.1 cm³/mol. The lowest BCUT2D eigenvalue weighted by Gasteiger charge is -2.11. The van der Waals surface area contributed by atoms with Crippen LogP contribution in [0.5, 0.6) is 0 Å². The van der Waals surface area contributed by atoms with Gasteiger partial charge in [0.05, 0.1) is 0 Å². The van der Waals surface area contributed by atoms with Crippen molar-refractivity contribution in [1.29, 1.82) is 0 Å². The van der Waals surface area contributed by atoms with Gasteiger partial charge >= 0.3 is 0 Å². The molecule has 1 heterocycles. The molecule has 0 aliphatic rings. The van der Waals surface area contributed by atoms with E-state index in [2.05, 4.69) is 44.0 Å². The van der Waals surface area contributed by atoms with E-state index < -0.39 is 0 Å². The van der Waals surface area contributed by atoms with Crippen LogP contribution >= 0.6 is 0 Å². The van der Waals surface area contributed by atoms with E-state index in [1.54, 1.807) is 0 Å². The van der Waals surface area contributed by atoms with Crippen molar-refractivity contribution >= 4 is 10.9 Å². The average molecular weight is 244 g/mol. The van der Waals surface area contributed by atoms with Crippen molar-refractivity contribution in [3.8, 4) is 0 Å². The van der Waals surface area contributed by atoms with Crippen LogP contribution in [-0.2, 0) is 6.42 Å². The summed E-state index contributed by atoms with van der Waals surface area (Å²) < 4.78 is 0. The standard InChI is InChI=1S/C16H24N2/c1-4-5-11(2)13-6-7-16-15(10-13)14(8-9-17)12(3)18-16/h6-7,10-11,18H,4-5,8-9,17H2,1-3H3. The molecular weight excluding hydrogens is 220 g/mol. The fourth-order valence-corrected chi connectivity index (χ4v) is 2.77. The van der Waals surface area contributed by atoms with E-state index in [1.165, 1.54) is 40.6 Å². The minimum Gasteiger partial charge on any atom is -0.358 e. The van der Waals surface area contributed by atoms with Crippen molar-refractivity contribution in [2.24, 2.45) is 5.73 Å². The van der Waals surface area contributed by atoms with Gasteiger partial charge in [-0.05, 0) is 55.5 Å². The number of hydrogen-bond acceptors (Lipinski definition) is 1. The fourth-order valence-electron chi connectivity index (χ4n) is 2.77. The first-order chi connectivity index (χ1) is 8.67. The first-order valence-electron chi connectivity index (χ1n) is 6.98. The summed E-state index contributed by atoms with van der Waals surface area (Å²) in [5.41, 5.74) is 11.0. The molecule has 0 spiro atoms. The Morgan fingerprint density at radius 3 is 2.78 bits per heavy atom. The molecule has 0 amide bonds. The minimum atomic E-state index is 0.639. The second-order valence-electron chi connectivity index (χ2n) is 5.26. The summed E-state index contributed by atoms with van der Waals surface area (Å²) >= 11 is 0. The first-order valence-corrected chi connectivity index (χ1v) is 6.98. The van der Waals surface area contributed by atoms with Gasteiger partial charge in [-0.1, -0.05) is 26.3 Å². The molecule has 1 aromatic heterocycles. The Hall–Kier alpha value is -1.28. The number of hydrogen-bond donors (Lipinski definition) is 2. The van der Waals surface area contributed by atoms with Crippen LogP contribution in [0, 0.1) is 6.92 Å². The van der Waals surface area contributed by atoms with E-state index in [4.69, 9.17) is 5.73 Å². The number of aromatic nitrogens is 1. The zero-order valence-electron chi connectivity index (χ0n) is 11.7. The molecular formula is C16H24N2. The summed E-state index contributed by atoms with van der Waals surface area (Å²) in [6.07, 6.45) is 3.44. The van der Waals surface area contributed by atoms with E-state index in [1.807, 2.05) is 0 Å². The molecule has 0 fully saturated rings. The van der Waals surface area contributed by atoms with Gasteiger partial charge in [-0.15, -0.1) is 0 Å². The van der Waals surface area contributed by atoms with Crippen LogP contribution in [0.3, 0.4) is 0 Å². The third-order valence-corrected chi connectivity index (χ3v) is 3.83. The van der Waals surface area contributed by atoms with Crippen molar-refractivity contribution in [2.75, 3.05) is 6.54 Å². The molecule has 0 saturated heterocycles. The van der Waals surface area contributed by atoms with Gasteiger partial charge in [-0.25, -0.2) is 0 Å². The normalized spacial score (nSPS) is 13.1. The van der Waals surface area contributed by atoms with Crippen molar-refractivity contribution in [1.82, 2.24) is 4.98 Å². The Morgan fingerprint density at radius 2 is 2.11 bits per heavy atom. The quantitative estimate of drug-likeness (QED) is 0.823. The number of H-pyrrole nitrogens is 1. The average Bonchev–Trinajstić information content (AvgIpc) is 2.66. The highest BCUT2D eigenvalue weighted by atomic mass is 14.7. The Balaban J connectivity index is 2.45. The molecule has 1 atom stereocenters. The number of fused-ring (bicyclic) bond motifs is 1. The predicted octanol–water partition coefficient (Wildman–Crippen LogP) is 3.88.